The number of carbonyl (C=O) groups is 2. The monoisotopic (exact) mass is 435 g/mol. The highest BCUT2D eigenvalue weighted by Gasteiger charge is 2.37. The highest BCUT2D eigenvalue weighted by Crippen LogP contribution is 2.26. The van der Waals surface area contributed by atoms with Crippen molar-refractivity contribution in [3.63, 3.8) is 0 Å². The van der Waals surface area contributed by atoms with Gasteiger partial charge in [0.15, 0.2) is 0 Å². The van der Waals surface area contributed by atoms with Crippen LogP contribution in [0.4, 0.5) is 5.69 Å². The third-order valence-corrected chi connectivity index (χ3v) is 5.42. The average Bonchev–Trinajstić information content (AvgIpc) is 3.19. The van der Waals surface area contributed by atoms with Crippen LogP contribution in [0.5, 0.6) is 5.75 Å². The summed E-state index contributed by atoms with van der Waals surface area (Å²) in [5.41, 5.74) is 2.54. The molecule has 1 N–H and O–H groups in total. The van der Waals surface area contributed by atoms with E-state index in [1.807, 2.05) is 42.5 Å². The molecule has 1 unspecified atom stereocenters. The summed E-state index contributed by atoms with van der Waals surface area (Å²) in [6.07, 6.45) is 2.22. The van der Waals surface area contributed by atoms with Gasteiger partial charge in [-0.15, -0.1) is 0 Å². The average molecular weight is 436 g/mol. The second-order valence-electron chi connectivity index (χ2n) is 7.28. The largest absolute Gasteiger partial charge is 0.487 e. The van der Waals surface area contributed by atoms with Crippen molar-refractivity contribution in [1.29, 1.82) is 0 Å². The van der Waals surface area contributed by atoms with Gasteiger partial charge in [0, 0.05) is 30.0 Å². The minimum absolute atomic E-state index is 0.182. The van der Waals surface area contributed by atoms with Crippen LogP contribution in [0, 0.1) is 5.92 Å². The molecule has 1 fully saturated rings. The SMILES string of the molecule is O=C(NCc1ccc(OCc2ccccn2)cc1)C1CCN(c2ccc(Cl)cc2)C1=O. The summed E-state index contributed by atoms with van der Waals surface area (Å²) in [4.78, 5) is 31.1. The van der Waals surface area contributed by atoms with Crippen molar-refractivity contribution in [2.24, 2.45) is 5.92 Å². The number of rotatable bonds is 7. The molecule has 2 aromatic carbocycles. The Balaban J connectivity index is 1.27. The second-order valence-corrected chi connectivity index (χ2v) is 7.72. The molecule has 158 valence electrons. The number of ether oxygens (including phenoxy) is 1. The smallest absolute Gasteiger partial charge is 0.239 e. The molecule has 0 aliphatic carbocycles. The van der Waals surface area contributed by atoms with Crippen molar-refractivity contribution in [2.45, 2.75) is 19.6 Å². The van der Waals surface area contributed by atoms with E-state index in [0.29, 0.717) is 31.1 Å². The molecule has 1 atom stereocenters. The number of hydrogen-bond acceptors (Lipinski definition) is 4. The molecule has 0 bridgehead atoms. The number of anilines is 1. The van der Waals surface area contributed by atoms with Crippen LogP contribution in [0.2, 0.25) is 5.02 Å². The van der Waals surface area contributed by atoms with Crippen LogP contribution < -0.4 is 15.0 Å². The summed E-state index contributed by atoms with van der Waals surface area (Å²) >= 11 is 5.91. The van der Waals surface area contributed by atoms with Crippen LogP contribution in [0.1, 0.15) is 17.7 Å². The van der Waals surface area contributed by atoms with Crippen LogP contribution in [-0.2, 0) is 22.7 Å². The fourth-order valence-corrected chi connectivity index (χ4v) is 3.58. The minimum Gasteiger partial charge on any atom is -0.487 e. The molecule has 1 aliphatic rings. The molecule has 0 saturated carbocycles. The van der Waals surface area contributed by atoms with Crippen molar-refractivity contribution in [3.05, 3.63) is 89.2 Å². The Morgan fingerprint density at radius 1 is 1.10 bits per heavy atom. The molecule has 0 radical (unpaired) electrons. The van der Waals surface area contributed by atoms with E-state index in [0.717, 1.165) is 22.7 Å². The highest BCUT2D eigenvalue weighted by atomic mass is 35.5. The van der Waals surface area contributed by atoms with E-state index in [1.165, 1.54) is 0 Å². The molecule has 0 spiro atoms. The van der Waals surface area contributed by atoms with Crippen molar-refractivity contribution in [1.82, 2.24) is 10.3 Å². The Morgan fingerprint density at radius 3 is 2.58 bits per heavy atom. The minimum atomic E-state index is -0.670. The van der Waals surface area contributed by atoms with Gasteiger partial charge in [-0.25, -0.2) is 0 Å². The summed E-state index contributed by atoms with van der Waals surface area (Å²) in [5.74, 6) is -0.378. The molecule has 1 aromatic heterocycles. The van der Waals surface area contributed by atoms with Gasteiger partial charge < -0.3 is 15.0 Å². The maximum Gasteiger partial charge on any atom is 0.239 e. The Morgan fingerprint density at radius 2 is 1.87 bits per heavy atom. The van der Waals surface area contributed by atoms with Crippen molar-refractivity contribution < 1.29 is 14.3 Å². The maximum atomic E-state index is 12.7. The third-order valence-electron chi connectivity index (χ3n) is 5.16. The molecule has 1 saturated heterocycles. The van der Waals surface area contributed by atoms with E-state index >= 15 is 0 Å². The Hall–Kier alpha value is -3.38. The van der Waals surface area contributed by atoms with Crippen LogP contribution in [0.25, 0.3) is 0 Å². The number of pyridine rings is 1. The third kappa shape index (κ3) is 5.22. The topological polar surface area (TPSA) is 71.5 Å². The van der Waals surface area contributed by atoms with E-state index in [-0.39, 0.29) is 11.8 Å². The standard InChI is InChI=1S/C24H22ClN3O3/c25-18-6-8-20(9-7-18)28-14-12-22(24(28)30)23(29)27-15-17-4-10-21(11-5-17)31-16-19-3-1-2-13-26-19/h1-11,13,22H,12,14-16H2,(H,27,29). The number of amides is 2. The molecule has 2 heterocycles. The van der Waals surface area contributed by atoms with Gasteiger partial charge in [0.05, 0.1) is 5.69 Å². The zero-order chi connectivity index (χ0) is 21.6. The molecular formula is C24H22ClN3O3. The van der Waals surface area contributed by atoms with Gasteiger partial charge in [0.1, 0.15) is 18.3 Å². The summed E-state index contributed by atoms with van der Waals surface area (Å²) in [6.45, 7) is 1.26. The number of hydrogen-bond donors (Lipinski definition) is 1. The molecular weight excluding hydrogens is 414 g/mol. The van der Waals surface area contributed by atoms with Gasteiger partial charge >= 0.3 is 0 Å². The summed E-state index contributed by atoms with van der Waals surface area (Å²) < 4.78 is 5.72. The van der Waals surface area contributed by atoms with Gasteiger partial charge in [-0.2, -0.15) is 0 Å². The van der Waals surface area contributed by atoms with E-state index < -0.39 is 5.92 Å². The lowest BCUT2D eigenvalue weighted by Gasteiger charge is -2.17. The first-order valence-corrected chi connectivity index (χ1v) is 10.4. The number of nitrogens with zero attached hydrogens (tertiary/aromatic N) is 2. The molecule has 1 aliphatic heterocycles. The Labute approximate surface area is 185 Å². The quantitative estimate of drug-likeness (QED) is 0.570. The van der Waals surface area contributed by atoms with Gasteiger partial charge in [-0.1, -0.05) is 29.8 Å². The summed E-state index contributed by atoms with van der Waals surface area (Å²) in [7, 11) is 0. The molecule has 3 aromatic rings. The maximum absolute atomic E-state index is 12.7. The van der Waals surface area contributed by atoms with E-state index in [4.69, 9.17) is 16.3 Å². The lowest BCUT2D eigenvalue weighted by molar-refractivity contribution is -0.132. The van der Waals surface area contributed by atoms with E-state index in [9.17, 15) is 9.59 Å². The first kappa shape index (κ1) is 20.9. The van der Waals surface area contributed by atoms with Gasteiger partial charge in [-0.3, -0.25) is 14.6 Å². The molecule has 6 nitrogen and oxygen atoms in total. The second kappa shape index (κ2) is 9.62. The number of benzene rings is 2. The first-order valence-electron chi connectivity index (χ1n) is 10.1. The van der Waals surface area contributed by atoms with Crippen molar-refractivity contribution >= 4 is 29.1 Å². The van der Waals surface area contributed by atoms with Crippen LogP contribution in [0.3, 0.4) is 0 Å². The fourth-order valence-electron chi connectivity index (χ4n) is 3.46. The fraction of sp³-hybridized carbons (Fsp3) is 0.208. The van der Waals surface area contributed by atoms with Gasteiger partial charge in [0.2, 0.25) is 11.8 Å². The predicted molar refractivity (Wildman–Crippen MR) is 119 cm³/mol. The van der Waals surface area contributed by atoms with Gasteiger partial charge in [-0.05, 0) is 60.5 Å². The predicted octanol–water partition coefficient (Wildman–Crippen LogP) is 3.98. The van der Waals surface area contributed by atoms with Gasteiger partial charge in [0.25, 0.3) is 0 Å². The molecule has 7 heteroatoms. The van der Waals surface area contributed by atoms with Crippen molar-refractivity contribution in [2.75, 3.05) is 11.4 Å². The number of carbonyl (C=O) groups excluding carboxylic acids is 2. The highest BCUT2D eigenvalue weighted by molar-refractivity contribution is 6.30. The molecule has 2 amide bonds. The normalized spacial score (nSPS) is 15.7. The number of nitrogens with one attached hydrogen (secondary N) is 1. The molecule has 4 rings (SSSR count). The van der Waals surface area contributed by atoms with Crippen molar-refractivity contribution in [3.8, 4) is 5.75 Å². The summed E-state index contributed by atoms with van der Waals surface area (Å²) in [6, 6.07) is 20.2. The van der Waals surface area contributed by atoms with E-state index in [1.54, 1.807) is 35.4 Å². The van der Waals surface area contributed by atoms with Crippen LogP contribution in [0.15, 0.2) is 72.9 Å². The number of halogens is 1. The molecule has 31 heavy (non-hydrogen) atoms. The lowest BCUT2D eigenvalue weighted by Crippen LogP contribution is -2.36. The summed E-state index contributed by atoms with van der Waals surface area (Å²) in [5, 5.41) is 3.48. The van der Waals surface area contributed by atoms with E-state index in [2.05, 4.69) is 10.3 Å². The first-order chi connectivity index (χ1) is 15.1. The number of aromatic nitrogens is 1. The van der Waals surface area contributed by atoms with Crippen LogP contribution >= 0.6 is 11.6 Å². The zero-order valence-corrected chi connectivity index (χ0v) is 17.6. The Kier molecular flexibility index (Phi) is 6.48. The lowest BCUT2D eigenvalue weighted by atomic mass is 10.1. The Bertz CT molecular complexity index is 1040. The zero-order valence-electron chi connectivity index (χ0n) is 16.8. The van der Waals surface area contributed by atoms with Crippen LogP contribution in [-0.4, -0.2) is 23.3 Å².